The van der Waals surface area contributed by atoms with Crippen LogP contribution in [0.15, 0.2) is 12.4 Å². The Morgan fingerprint density at radius 3 is 2.46 bits per heavy atom. The van der Waals surface area contributed by atoms with E-state index in [2.05, 4.69) is 44.6 Å². The Hall–Kier alpha value is -1.89. The van der Waals surface area contributed by atoms with E-state index in [9.17, 15) is 4.79 Å². The number of carbonyl (C=O) groups is 1. The van der Waals surface area contributed by atoms with Crippen LogP contribution >= 0.6 is 0 Å². The van der Waals surface area contributed by atoms with Gasteiger partial charge in [-0.2, -0.15) is 0 Å². The summed E-state index contributed by atoms with van der Waals surface area (Å²) in [6.07, 6.45) is 5.46. The highest BCUT2D eigenvalue weighted by Crippen LogP contribution is 2.33. The maximum Gasteiger partial charge on any atom is 0.241 e. The lowest BCUT2D eigenvalue weighted by atomic mass is 10.1. The molecule has 2 atom stereocenters. The zero-order valence-corrected chi connectivity index (χ0v) is 16.1. The van der Waals surface area contributed by atoms with E-state index in [1.807, 2.05) is 7.05 Å². The topological polar surface area (TPSA) is 55.8 Å². The van der Waals surface area contributed by atoms with Crippen LogP contribution in [0.25, 0.3) is 0 Å². The Balaban J connectivity index is 1.51. The zero-order chi connectivity index (χ0) is 18.3. The monoisotopic (exact) mass is 358 g/mol. The Labute approximate surface area is 156 Å². The molecule has 7 nitrogen and oxygen atoms in total. The van der Waals surface area contributed by atoms with E-state index in [0.717, 1.165) is 37.8 Å². The number of aromatic nitrogens is 2. The third-order valence-electron chi connectivity index (χ3n) is 6.18. The average molecular weight is 358 g/mol. The normalized spacial score (nSPS) is 27.4. The van der Waals surface area contributed by atoms with Crippen molar-refractivity contribution in [3.05, 3.63) is 12.4 Å². The minimum Gasteiger partial charge on any atom is -0.355 e. The van der Waals surface area contributed by atoms with Crippen LogP contribution in [0.3, 0.4) is 0 Å². The van der Waals surface area contributed by atoms with Gasteiger partial charge in [0.25, 0.3) is 0 Å². The maximum absolute atomic E-state index is 12.0. The molecule has 1 aromatic rings. The lowest BCUT2D eigenvalue weighted by Gasteiger charge is -2.34. The van der Waals surface area contributed by atoms with Crippen LogP contribution in [0.4, 0.5) is 11.6 Å². The average Bonchev–Trinajstić information content (AvgIpc) is 2.92. The van der Waals surface area contributed by atoms with E-state index in [-0.39, 0.29) is 5.91 Å². The number of rotatable bonds is 3. The highest BCUT2D eigenvalue weighted by Gasteiger charge is 2.38. The van der Waals surface area contributed by atoms with Crippen LogP contribution in [0.2, 0.25) is 0 Å². The molecular weight excluding hydrogens is 328 g/mol. The molecule has 3 aliphatic rings. The molecule has 0 saturated carbocycles. The second-order valence-corrected chi connectivity index (χ2v) is 8.13. The number of nitrogens with zero attached hydrogens (tertiary/aromatic N) is 6. The summed E-state index contributed by atoms with van der Waals surface area (Å²) in [6, 6.07) is 3.99. The summed E-state index contributed by atoms with van der Waals surface area (Å²) < 4.78 is 0. The summed E-state index contributed by atoms with van der Waals surface area (Å²) in [5.74, 6) is 2.01. The number of fused-ring (bicyclic) bond motifs is 2. The molecule has 0 N–H and O–H groups in total. The van der Waals surface area contributed by atoms with Crippen molar-refractivity contribution < 1.29 is 4.79 Å². The summed E-state index contributed by atoms with van der Waals surface area (Å²) >= 11 is 0. The molecule has 3 fully saturated rings. The molecule has 26 heavy (non-hydrogen) atoms. The second-order valence-electron chi connectivity index (χ2n) is 8.13. The highest BCUT2D eigenvalue weighted by molar-refractivity contribution is 5.82. The summed E-state index contributed by atoms with van der Waals surface area (Å²) in [6.45, 7) is 8.68. The van der Waals surface area contributed by atoms with Crippen LogP contribution in [0, 0.1) is 0 Å². The molecule has 142 valence electrons. The quantitative estimate of drug-likeness (QED) is 0.809. The first kappa shape index (κ1) is 17.5. The smallest absolute Gasteiger partial charge is 0.241 e. The molecule has 7 heteroatoms. The molecule has 1 aromatic heterocycles. The summed E-state index contributed by atoms with van der Waals surface area (Å²) in [4.78, 5) is 30.0. The van der Waals surface area contributed by atoms with E-state index >= 15 is 0 Å². The first-order valence-electron chi connectivity index (χ1n) is 9.86. The predicted molar refractivity (Wildman–Crippen MR) is 102 cm³/mol. The predicted octanol–water partition coefficient (Wildman–Crippen LogP) is 1.21. The standard InChI is InChI=1S/C19H30N6O/c1-14(2)25-15-4-5-16(25)11-23(7-6-15)17-10-18(21-13-20-17)24-9-8-22(3)19(26)12-24/h10,13-16H,4-9,11-12H2,1-3H3. The molecule has 0 aromatic carbocycles. The Morgan fingerprint density at radius 2 is 1.73 bits per heavy atom. The fourth-order valence-corrected chi connectivity index (χ4v) is 4.80. The van der Waals surface area contributed by atoms with Gasteiger partial charge in [-0.3, -0.25) is 9.69 Å². The first-order chi connectivity index (χ1) is 12.5. The van der Waals surface area contributed by atoms with Crippen molar-refractivity contribution in [1.29, 1.82) is 0 Å². The third kappa shape index (κ3) is 3.24. The van der Waals surface area contributed by atoms with E-state index < -0.39 is 0 Å². The van der Waals surface area contributed by atoms with Crippen molar-refractivity contribution in [3.8, 4) is 0 Å². The number of amides is 1. The molecule has 2 bridgehead atoms. The molecule has 3 saturated heterocycles. The van der Waals surface area contributed by atoms with Gasteiger partial charge in [-0.25, -0.2) is 9.97 Å². The van der Waals surface area contributed by atoms with Gasteiger partial charge in [0.1, 0.15) is 18.0 Å². The fraction of sp³-hybridized carbons (Fsp3) is 0.737. The van der Waals surface area contributed by atoms with Crippen LogP contribution in [-0.2, 0) is 4.79 Å². The number of piperazine rings is 1. The molecular formula is C19H30N6O. The molecule has 0 radical (unpaired) electrons. The number of anilines is 2. The highest BCUT2D eigenvalue weighted by atomic mass is 16.2. The largest absolute Gasteiger partial charge is 0.355 e. The fourth-order valence-electron chi connectivity index (χ4n) is 4.80. The summed E-state index contributed by atoms with van der Waals surface area (Å²) in [5.41, 5.74) is 0. The SMILES string of the molecule is CC(C)N1C2CCC1CN(c1cc(N3CCN(C)C(=O)C3)ncn1)CC2. The van der Waals surface area contributed by atoms with Crippen LogP contribution in [0.1, 0.15) is 33.1 Å². The van der Waals surface area contributed by atoms with Crippen LogP contribution < -0.4 is 9.80 Å². The Kier molecular flexibility index (Phi) is 4.73. The van der Waals surface area contributed by atoms with Crippen molar-refractivity contribution >= 4 is 17.5 Å². The van der Waals surface area contributed by atoms with E-state index in [1.54, 1.807) is 11.2 Å². The molecule has 4 rings (SSSR count). The van der Waals surface area contributed by atoms with Gasteiger partial charge in [0, 0.05) is 57.4 Å². The molecule has 3 aliphatic heterocycles. The van der Waals surface area contributed by atoms with Crippen molar-refractivity contribution in [3.63, 3.8) is 0 Å². The van der Waals surface area contributed by atoms with Gasteiger partial charge in [-0.15, -0.1) is 0 Å². The van der Waals surface area contributed by atoms with Gasteiger partial charge in [0.2, 0.25) is 5.91 Å². The lowest BCUT2D eigenvalue weighted by molar-refractivity contribution is -0.129. The van der Waals surface area contributed by atoms with Gasteiger partial charge < -0.3 is 14.7 Å². The summed E-state index contributed by atoms with van der Waals surface area (Å²) in [7, 11) is 1.86. The number of hydrogen-bond acceptors (Lipinski definition) is 6. The Morgan fingerprint density at radius 1 is 1.00 bits per heavy atom. The van der Waals surface area contributed by atoms with E-state index in [4.69, 9.17) is 0 Å². The van der Waals surface area contributed by atoms with Crippen molar-refractivity contribution in [2.75, 3.05) is 49.6 Å². The molecule has 4 heterocycles. The summed E-state index contributed by atoms with van der Waals surface area (Å²) in [5, 5.41) is 0. The Bertz CT molecular complexity index is 665. The molecule has 0 aliphatic carbocycles. The number of likely N-dealkylation sites (N-methyl/N-ethyl adjacent to an activating group) is 1. The van der Waals surface area contributed by atoms with E-state index in [1.165, 1.54) is 19.3 Å². The van der Waals surface area contributed by atoms with Gasteiger partial charge in [0.05, 0.1) is 6.54 Å². The number of carbonyl (C=O) groups excluding carboxylic acids is 1. The van der Waals surface area contributed by atoms with Crippen LogP contribution in [0.5, 0.6) is 0 Å². The van der Waals surface area contributed by atoms with Gasteiger partial charge >= 0.3 is 0 Å². The minimum atomic E-state index is 0.149. The first-order valence-corrected chi connectivity index (χ1v) is 9.86. The minimum absolute atomic E-state index is 0.149. The molecule has 1 amide bonds. The van der Waals surface area contributed by atoms with Crippen molar-refractivity contribution in [1.82, 2.24) is 19.8 Å². The molecule has 0 spiro atoms. The third-order valence-corrected chi connectivity index (χ3v) is 6.18. The van der Waals surface area contributed by atoms with Crippen LogP contribution in [-0.4, -0.2) is 83.6 Å². The lowest BCUT2D eigenvalue weighted by Crippen LogP contribution is -2.49. The van der Waals surface area contributed by atoms with Gasteiger partial charge in [-0.1, -0.05) is 0 Å². The van der Waals surface area contributed by atoms with Gasteiger partial charge in [0.15, 0.2) is 0 Å². The maximum atomic E-state index is 12.0. The van der Waals surface area contributed by atoms with Crippen molar-refractivity contribution in [2.24, 2.45) is 0 Å². The second kappa shape index (κ2) is 7.02. The van der Waals surface area contributed by atoms with E-state index in [0.29, 0.717) is 24.7 Å². The van der Waals surface area contributed by atoms with Gasteiger partial charge in [-0.05, 0) is 33.1 Å². The van der Waals surface area contributed by atoms with Crippen molar-refractivity contribution in [2.45, 2.75) is 51.2 Å². The molecule has 2 unspecified atom stereocenters. The zero-order valence-electron chi connectivity index (χ0n) is 16.1. The number of hydrogen-bond donors (Lipinski definition) is 0.